The van der Waals surface area contributed by atoms with Crippen LogP contribution in [0.3, 0.4) is 0 Å². The minimum atomic E-state index is -0.787. The fourth-order valence-electron chi connectivity index (χ4n) is 1.26. The third-order valence-electron chi connectivity index (χ3n) is 2.15. The molecule has 0 aromatic carbocycles. The highest BCUT2D eigenvalue weighted by Crippen LogP contribution is 2.25. The number of esters is 1. The van der Waals surface area contributed by atoms with Crippen LogP contribution >= 0.6 is 11.6 Å². The second-order valence-corrected chi connectivity index (χ2v) is 3.70. The molecule has 0 aliphatic heterocycles. The molecule has 0 atom stereocenters. The first-order chi connectivity index (χ1) is 8.97. The second-order valence-electron chi connectivity index (χ2n) is 3.34. The predicted octanol–water partition coefficient (Wildman–Crippen LogP) is 0.936. The van der Waals surface area contributed by atoms with E-state index in [0.29, 0.717) is 0 Å². The average Bonchev–Trinajstić information content (AvgIpc) is 2.37. The van der Waals surface area contributed by atoms with Crippen molar-refractivity contribution in [3.63, 3.8) is 0 Å². The van der Waals surface area contributed by atoms with Crippen molar-refractivity contribution in [2.75, 3.05) is 13.7 Å². The largest absolute Gasteiger partial charge is 0.469 e. The minimum Gasteiger partial charge on any atom is -0.469 e. The van der Waals surface area contributed by atoms with Gasteiger partial charge in [-0.25, -0.2) is 4.98 Å². The van der Waals surface area contributed by atoms with Crippen molar-refractivity contribution in [1.82, 2.24) is 10.3 Å². The summed E-state index contributed by atoms with van der Waals surface area (Å²) in [7, 11) is 1.22. The van der Waals surface area contributed by atoms with Crippen LogP contribution in [0.25, 0.3) is 0 Å². The van der Waals surface area contributed by atoms with Crippen molar-refractivity contribution < 1.29 is 19.2 Å². The first-order valence-corrected chi connectivity index (χ1v) is 5.49. The lowest BCUT2D eigenvalue weighted by molar-refractivity contribution is -0.385. The van der Waals surface area contributed by atoms with E-state index in [9.17, 15) is 19.7 Å². The molecule has 1 amide bonds. The summed E-state index contributed by atoms with van der Waals surface area (Å²) in [5, 5.41) is 12.8. The van der Waals surface area contributed by atoms with Crippen LogP contribution in [0.2, 0.25) is 5.15 Å². The molecule has 102 valence electrons. The topological polar surface area (TPSA) is 111 Å². The van der Waals surface area contributed by atoms with Gasteiger partial charge in [0.2, 0.25) is 5.15 Å². The Kier molecular flexibility index (Phi) is 5.19. The molecule has 8 nitrogen and oxygen atoms in total. The Morgan fingerprint density at radius 1 is 1.58 bits per heavy atom. The van der Waals surface area contributed by atoms with E-state index in [0.717, 1.165) is 0 Å². The highest BCUT2D eigenvalue weighted by Gasteiger charge is 2.24. The van der Waals surface area contributed by atoms with Crippen LogP contribution in [-0.4, -0.2) is 35.4 Å². The maximum Gasteiger partial charge on any atom is 0.319 e. The van der Waals surface area contributed by atoms with Gasteiger partial charge in [0.25, 0.3) is 5.91 Å². The van der Waals surface area contributed by atoms with Crippen molar-refractivity contribution in [3.05, 3.63) is 33.1 Å². The molecule has 1 rings (SSSR count). The van der Waals surface area contributed by atoms with E-state index in [-0.39, 0.29) is 23.7 Å². The van der Waals surface area contributed by atoms with Gasteiger partial charge in [-0.2, -0.15) is 0 Å². The van der Waals surface area contributed by atoms with Crippen LogP contribution in [0.4, 0.5) is 5.69 Å². The number of nitrogens with zero attached hydrogens (tertiary/aromatic N) is 2. The number of rotatable bonds is 5. The van der Waals surface area contributed by atoms with Gasteiger partial charge in [-0.1, -0.05) is 11.6 Å². The third-order valence-corrected chi connectivity index (χ3v) is 2.43. The number of nitro groups is 1. The van der Waals surface area contributed by atoms with Crippen molar-refractivity contribution in [3.8, 4) is 0 Å². The van der Waals surface area contributed by atoms with Gasteiger partial charge >= 0.3 is 11.7 Å². The quantitative estimate of drug-likeness (QED) is 0.373. The second kappa shape index (κ2) is 6.64. The number of carbonyl (C=O) groups is 2. The van der Waals surface area contributed by atoms with Gasteiger partial charge in [-0.05, 0) is 6.07 Å². The lowest BCUT2D eigenvalue weighted by Gasteiger charge is -2.05. The van der Waals surface area contributed by atoms with E-state index in [1.807, 2.05) is 0 Å². The average molecular weight is 288 g/mol. The normalized spacial score (nSPS) is 9.79. The van der Waals surface area contributed by atoms with Crippen LogP contribution in [0, 0.1) is 10.1 Å². The van der Waals surface area contributed by atoms with E-state index in [1.54, 1.807) is 0 Å². The number of carbonyl (C=O) groups excluding carboxylic acids is 2. The Labute approximate surface area is 112 Å². The molecule has 1 aromatic heterocycles. The van der Waals surface area contributed by atoms with Gasteiger partial charge in [-0.15, -0.1) is 0 Å². The number of pyridine rings is 1. The Morgan fingerprint density at radius 2 is 2.26 bits per heavy atom. The van der Waals surface area contributed by atoms with E-state index in [1.165, 1.54) is 19.4 Å². The number of hydrogen-bond donors (Lipinski definition) is 1. The molecule has 0 spiro atoms. The van der Waals surface area contributed by atoms with Crippen LogP contribution in [0.5, 0.6) is 0 Å². The number of methoxy groups -OCH3 is 1. The fraction of sp³-hybridized carbons (Fsp3) is 0.300. The number of halogens is 1. The maximum atomic E-state index is 11.7. The first kappa shape index (κ1) is 14.8. The number of ether oxygens (including phenoxy) is 1. The molecular formula is C10H10ClN3O5. The Hall–Kier alpha value is -2.22. The highest BCUT2D eigenvalue weighted by atomic mass is 35.5. The fourth-order valence-corrected chi connectivity index (χ4v) is 1.49. The summed E-state index contributed by atoms with van der Waals surface area (Å²) in [6.07, 6.45) is 1.15. The summed E-state index contributed by atoms with van der Waals surface area (Å²) >= 11 is 5.57. The van der Waals surface area contributed by atoms with Crippen LogP contribution in [-0.2, 0) is 9.53 Å². The van der Waals surface area contributed by atoms with E-state index in [2.05, 4.69) is 15.0 Å². The molecule has 0 fully saturated rings. The molecular weight excluding hydrogens is 278 g/mol. The Morgan fingerprint density at radius 3 is 2.84 bits per heavy atom. The Balaban J connectivity index is 2.80. The molecule has 1 N–H and O–H groups in total. The standard InChI is InChI=1S/C10H10ClN3O5/c1-19-7(15)3-5-13-10(16)6-2-4-12-9(11)8(6)14(17)18/h2,4H,3,5H2,1H3,(H,13,16). The van der Waals surface area contributed by atoms with Gasteiger partial charge in [0.05, 0.1) is 18.5 Å². The SMILES string of the molecule is COC(=O)CCNC(=O)c1ccnc(Cl)c1[N+](=O)[O-]. The zero-order valence-electron chi connectivity index (χ0n) is 9.88. The molecule has 9 heteroatoms. The van der Waals surface area contributed by atoms with Crippen LogP contribution < -0.4 is 5.32 Å². The molecule has 0 aliphatic carbocycles. The van der Waals surface area contributed by atoms with Gasteiger partial charge in [0.15, 0.2) is 0 Å². The lowest BCUT2D eigenvalue weighted by Crippen LogP contribution is -2.27. The van der Waals surface area contributed by atoms with Gasteiger partial charge in [0.1, 0.15) is 5.56 Å². The molecule has 19 heavy (non-hydrogen) atoms. The molecule has 1 heterocycles. The van der Waals surface area contributed by atoms with Gasteiger partial charge in [-0.3, -0.25) is 19.7 Å². The maximum absolute atomic E-state index is 11.7. The summed E-state index contributed by atoms with van der Waals surface area (Å²) < 4.78 is 4.39. The lowest BCUT2D eigenvalue weighted by atomic mass is 10.2. The monoisotopic (exact) mass is 287 g/mol. The predicted molar refractivity (Wildman–Crippen MR) is 64.9 cm³/mol. The Bertz CT molecular complexity index is 520. The minimum absolute atomic E-state index is 0.00258. The summed E-state index contributed by atoms with van der Waals surface area (Å²) in [5.41, 5.74) is -0.783. The van der Waals surface area contributed by atoms with E-state index < -0.39 is 22.5 Å². The number of amides is 1. The summed E-state index contributed by atoms with van der Waals surface area (Å²) in [4.78, 5) is 36.1. The van der Waals surface area contributed by atoms with Crippen LogP contribution in [0.15, 0.2) is 12.3 Å². The highest BCUT2D eigenvalue weighted by molar-refractivity contribution is 6.32. The molecule has 0 aliphatic rings. The smallest absolute Gasteiger partial charge is 0.319 e. The number of hydrogen-bond acceptors (Lipinski definition) is 6. The molecule has 0 unspecified atom stereocenters. The van der Waals surface area contributed by atoms with Crippen LogP contribution in [0.1, 0.15) is 16.8 Å². The summed E-state index contributed by atoms with van der Waals surface area (Å²) in [5.74, 6) is -1.21. The molecule has 0 bridgehead atoms. The third kappa shape index (κ3) is 3.88. The molecule has 0 saturated carbocycles. The summed E-state index contributed by atoms with van der Waals surface area (Å²) in [6.45, 7) is 0.00258. The van der Waals surface area contributed by atoms with Crippen molar-refractivity contribution in [1.29, 1.82) is 0 Å². The van der Waals surface area contributed by atoms with Crippen molar-refractivity contribution >= 4 is 29.2 Å². The van der Waals surface area contributed by atoms with Crippen molar-refractivity contribution in [2.45, 2.75) is 6.42 Å². The van der Waals surface area contributed by atoms with E-state index >= 15 is 0 Å². The van der Waals surface area contributed by atoms with Gasteiger partial charge in [0, 0.05) is 12.7 Å². The molecule has 1 aromatic rings. The zero-order chi connectivity index (χ0) is 14.4. The molecule has 0 radical (unpaired) electrons. The van der Waals surface area contributed by atoms with Gasteiger partial charge < -0.3 is 10.1 Å². The van der Waals surface area contributed by atoms with E-state index in [4.69, 9.17) is 11.6 Å². The zero-order valence-corrected chi connectivity index (χ0v) is 10.6. The number of aromatic nitrogens is 1. The summed E-state index contributed by atoms with van der Waals surface area (Å²) in [6, 6.07) is 1.18. The van der Waals surface area contributed by atoms with Crippen molar-refractivity contribution in [2.24, 2.45) is 0 Å². The molecule has 0 saturated heterocycles. The number of nitrogens with one attached hydrogen (secondary N) is 1. The first-order valence-electron chi connectivity index (χ1n) is 5.11.